The maximum absolute atomic E-state index is 11.2. The van der Waals surface area contributed by atoms with Gasteiger partial charge in [0.25, 0.3) is 0 Å². The van der Waals surface area contributed by atoms with Crippen molar-refractivity contribution >= 4 is 33.2 Å². The average molecular weight is 304 g/mol. The summed E-state index contributed by atoms with van der Waals surface area (Å²) in [4.78, 5) is 15.6. The van der Waals surface area contributed by atoms with Gasteiger partial charge in [-0.25, -0.2) is 4.98 Å². The van der Waals surface area contributed by atoms with Crippen molar-refractivity contribution in [2.75, 3.05) is 30.5 Å². The third kappa shape index (κ3) is 7.27. The van der Waals surface area contributed by atoms with Crippen molar-refractivity contribution in [1.82, 2.24) is 4.98 Å². The fraction of sp³-hybridized carbons (Fsp3) is 0.667. The average Bonchev–Trinajstić information content (AvgIpc) is 2.80. The van der Waals surface area contributed by atoms with Crippen LogP contribution in [0.1, 0.15) is 25.5 Å². The second-order valence-electron chi connectivity index (χ2n) is 4.01. The van der Waals surface area contributed by atoms with Gasteiger partial charge in [-0.2, -0.15) is 0 Å². The minimum Gasteiger partial charge on any atom is -0.466 e. The Morgan fingerprint density at radius 1 is 1.58 bits per heavy atom. The molecule has 1 unspecified atom stereocenters. The zero-order chi connectivity index (χ0) is 14.1. The van der Waals surface area contributed by atoms with Crippen LogP contribution in [0.25, 0.3) is 0 Å². The third-order valence-corrected chi connectivity index (χ3v) is 4.04. The molecule has 7 heteroatoms. The molecule has 0 aliphatic carbocycles. The summed E-state index contributed by atoms with van der Waals surface area (Å²) in [5, 5.41) is 5.98. The van der Waals surface area contributed by atoms with E-state index in [1.54, 1.807) is 13.2 Å². The topological polar surface area (TPSA) is 68.3 Å². The molecule has 19 heavy (non-hydrogen) atoms. The first-order valence-corrected chi connectivity index (χ1v) is 8.86. The molecule has 1 aromatic heterocycles. The highest BCUT2D eigenvalue weighted by Crippen LogP contribution is 2.16. The van der Waals surface area contributed by atoms with Gasteiger partial charge >= 0.3 is 5.97 Å². The Hall–Kier alpha value is -0.950. The fourth-order valence-electron chi connectivity index (χ4n) is 1.44. The molecule has 0 saturated heterocycles. The quantitative estimate of drug-likeness (QED) is 0.557. The number of ether oxygens (including phenoxy) is 1. The van der Waals surface area contributed by atoms with Gasteiger partial charge in [0.15, 0.2) is 5.13 Å². The van der Waals surface area contributed by atoms with E-state index in [-0.39, 0.29) is 5.97 Å². The molecule has 0 fully saturated rings. The van der Waals surface area contributed by atoms with E-state index < -0.39 is 10.8 Å². The van der Waals surface area contributed by atoms with E-state index >= 15 is 0 Å². The van der Waals surface area contributed by atoms with Crippen molar-refractivity contribution in [3.05, 3.63) is 11.1 Å². The SMILES string of the molecule is CCOC(=O)CCc1csc(NCCCS(C)=O)n1. The van der Waals surface area contributed by atoms with Gasteiger partial charge in [0, 0.05) is 41.2 Å². The van der Waals surface area contributed by atoms with E-state index in [1.807, 2.05) is 5.38 Å². The number of nitrogens with one attached hydrogen (secondary N) is 1. The van der Waals surface area contributed by atoms with Gasteiger partial charge < -0.3 is 10.1 Å². The Morgan fingerprint density at radius 3 is 3.05 bits per heavy atom. The van der Waals surface area contributed by atoms with E-state index in [1.165, 1.54) is 11.3 Å². The number of nitrogens with zero attached hydrogens (tertiary/aromatic N) is 1. The van der Waals surface area contributed by atoms with Gasteiger partial charge in [0.2, 0.25) is 0 Å². The minimum atomic E-state index is -0.737. The molecule has 0 aliphatic heterocycles. The standard InChI is InChI=1S/C12H20N2O3S2/c1-3-17-11(15)6-5-10-9-18-12(14-10)13-7-4-8-19(2)16/h9H,3-8H2,1-2H3,(H,13,14). The highest BCUT2D eigenvalue weighted by molar-refractivity contribution is 7.84. The minimum absolute atomic E-state index is 0.185. The predicted molar refractivity (Wildman–Crippen MR) is 79.1 cm³/mol. The number of esters is 1. The first kappa shape index (κ1) is 16.1. The lowest BCUT2D eigenvalue weighted by molar-refractivity contribution is -0.143. The Bertz CT molecular complexity index is 421. The second kappa shape index (κ2) is 9.03. The molecule has 1 rings (SSSR count). The van der Waals surface area contributed by atoms with Crippen LogP contribution in [0.5, 0.6) is 0 Å². The lowest BCUT2D eigenvalue weighted by Crippen LogP contribution is -2.06. The monoisotopic (exact) mass is 304 g/mol. The van der Waals surface area contributed by atoms with Crippen LogP contribution in [0.4, 0.5) is 5.13 Å². The van der Waals surface area contributed by atoms with Crippen LogP contribution in [0.15, 0.2) is 5.38 Å². The van der Waals surface area contributed by atoms with Gasteiger partial charge in [-0.15, -0.1) is 11.3 Å². The molecule has 108 valence electrons. The van der Waals surface area contributed by atoms with Crippen molar-refractivity contribution in [3.63, 3.8) is 0 Å². The van der Waals surface area contributed by atoms with Crippen LogP contribution in [-0.4, -0.2) is 40.3 Å². The molecule has 0 aromatic carbocycles. The van der Waals surface area contributed by atoms with E-state index in [0.717, 1.165) is 23.8 Å². The normalized spacial score (nSPS) is 12.1. The third-order valence-electron chi connectivity index (χ3n) is 2.33. The Kier molecular flexibility index (Phi) is 7.66. The molecule has 1 aromatic rings. The van der Waals surface area contributed by atoms with Gasteiger partial charge in [-0.1, -0.05) is 0 Å². The largest absolute Gasteiger partial charge is 0.466 e. The summed E-state index contributed by atoms with van der Waals surface area (Å²) in [6.45, 7) is 2.98. The van der Waals surface area contributed by atoms with Crippen molar-refractivity contribution in [2.45, 2.75) is 26.2 Å². The maximum Gasteiger partial charge on any atom is 0.306 e. The summed E-state index contributed by atoms with van der Waals surface area (Å²) in [5.41, 5.74) is 0.902. The number of anilines is 1. The molecule has 0 radical (unpaired) electrons. The molecule has 1 heterocycles. The number of carbonyl (C=O) groups is 1. The Balaban J connectivity index is 2.24. The molecule has 1 atom stereocenters. The first-order valence-electron chi connectivity index (χ1n) is 6.25. The maximum atomic E-state index is 11.2. The van der Waals surface area contributed by atoms with Gasteiger partial charge in [0.05, 0.1) is 18.7 Å². The summed E-state index contributed by atoms with van der Waals surface area (Å²) in [6, 6.07) is 0. The molecule has 0 amide bonds. The summed E-state index contributed by atoms with van der Waals surface area (Å²) >= 11 is 1.52. The lowest BCUT2D eigenvalue weighted by atomic mass is 10.2. The van der Waals surface area contributed by atoms with Gasteiger partial charge in [0.1, 0.15) is 0 Å². The van der Waals surface area contributed by atoms with Crippen LogP contribution < -0.4 is 5.32 Å². The summed E-state index contributed by atoms with van der Waals surface area (Å²) in [7, 11) is -0.737. The van der Waals surface area contributed by atoms with E-state index in [0.29, 0.717) is 25.2 Å². The molecule has 5 nitrogen and oxygen atoms in total. The predicted octanol–water partition coefficient (Wildman–Crippen LogP) is 1.82. The van der Waals surface area contributed by atoms with Crippen molar-refractivity contribution in [3.8, 4) is 0 Å². The number of hydrogen-bond donors (Lipinski definition) is 1. The molecular weight excluding hydrogens is 284 g/mol. The number of rotatable bonds is 9. The zero-order valence-corrected chi connectivity index (χ0v) is 12.9. The molecule has 0 bridgehead atoms. The van der Waals surface area contributed by atoms with Crippen molar-refractivity contribution in [1.29, 1.82) is 0 Å². The number of aromatic nitrogens is 1. The fourth-order valence-corrected chi connectivity index (χ4v) is 2.76. The molecule has 0 aliphatic rings. The lowest BCUT2D eigenvalue weighted by Gasteiger charge is -2.01. The Morgan fingerprint density at radius 2 is 2.37 bits per heavy atom. The summed E-state index contributed by atoms with van der Waals surface area (Å²) in [6.07, 6.45) is 3.54. The number of thiazole rings is 1. The van der Waals surface area contributed by atoms with Crippen LogP contribution in [0, 0.1) is 0 Å². The van der Waals surface area contributed by atoms with Crippen LogP contribution >= 0.6 is 11.3 Å². The molecule has 1 N–H and O–H groups in total. The second-order valence-corrected chi connectivity index (χ2v) is 6.42. The zero-order valence-electron chi connectivity index (χ0n) is 11.3. The Labute approximate surface area is 120 Å². The molecule has 0 spiro atoms. The molecule has 0 saturated carbocycles. The van der Waals surface area contributed by atoms with Crippen LogP contribution in [0.2, 0.25) is 0 Å². The summed E-state index contributed by atoms with van der Waals surface area (Å²) < 4.78 is 15.8. The smallest absolute Gasteiger partial charge is 0.306 e. The number of aryl methyl sites for hydroxylation is 1. The first-order chi connectivity index (χ1) is 9.11. The van der Waals surface area contributed by atoms with E-state index in [2.05, 4.69) is 10.3 Å². The number of hydrogen-bond acceptors (Lipinski definition) is 6. The van der Waals surface area contributed by atoms with Crippen LogP contribution in [-0.2, 0) is 26.8 Å². The highest BCUT2D eigenvalue weighted by atomic mass is 32.2. The summed E-state index contributed by atoms with van der Waals surface area (Å²) in [5.74, 6) is 0.518. The molecular formula is C12H20N2O3S2. The van der Waals surface area contributed by atoms with E-state index in [4.69, 9.17) is 4.74 Å². The number of carbonyl (C=O) groups excluding carboxylic acids is 1. The van der Waals surface area contributed by atoms with E-state index in [9.17, 15) is 9.00 Å². The van der Waals surface area contributed by atoms with Crippen molar-refractivity contribution in [2.24, 2.45) is 0 Å². The highest BCUT2D eigenvalue weighted by Gasteiger charge is 2.06. The van der Waals surface area contributed by atoms with Crippen LogP contribution in [0.3, 0.4) is 0 Å². The van der Waals surface area contributed by atoms with Gasteiger partial charge in [-0.3, -0.25) is 9.00 Å². The van der Waals surface area contributed by atoms with Crippen molar-refractivity contribution < 1.29 is 13.7 Å². The van der Waals surface area contributed by atoms with Gasteiger partial charge in [-0.05, 0) is 13.3 Å².